The maximum atomic E-state index is 13.3. The van der Waals surface area contributed by atoms with Gasteiger partial charge in [-0.25, -0.2) is 23.1 Å². The summed E-state index contributed by atoms with van der Waals surface area (Å²) in [6.07, 6.45) is 4.46. The summed E-state index contributed by atoms with van der Waals surface area (Å²) in [4.78, 5) is 24.9. The predicted molar refractivity (Wildman–Crippen MR) is 162 cm³/mol. The lowest BCUT2D eigenvalue weighted by molar-refractivity contribution is 0.0979. The van der Waals surface area contributed by atoms with E-state index >= 15 is 0 Å². The number of nitrogens with zero attached hydrogens (tertiary/aromatic N) is 3. The molecule has 1 aliphatic heterocycles. The minimum atomic E-state index is -4.05. The number of carbonyl (C=O) groups excluding carboxylic acids is 1. The van der Waals surface area contributed by atoms with Crippen LogP contribution < -0.4 is 9.62 Å². The van der Waals surface area contributed by atoms with Crippen LogP contribution in [0.3, 0.4) is 0 Å². The van der Waals surface area contributed by atoms with E-state index in [1.807, 2.05) is 24.3 Å². The number of hydrogen-bond donors (Lipinski definition) is 1. The van der Waals surface area contributed by atoms with E-state index in [1.165, 1.54) is 23.9 Å². The highest BCUT2D eigenvalue weighted by Gasteiger charge is 2.29. The van der Waals surface area contributed by atoms with Gasteiger partial charge in [-0.2, -0.15) is 0 Å². The number of hydrogen-bond acceptors (Lipinski definition) is 6. The SMILES string of the molecule is CC(C)c1ccc(CCc2nc(N3CCC[C@@H]3c3ccc(Cl)cc3)ncc2C(=O)NS(=O)(=O)c2ccccc2)cc1. The highest BCUT2D eigenvalue weighted by atomic mass is 35.5. The van der Waals surface area contributed by atoms with Gasteiger partial charge in [0.2, 0.25) is 5.95 Å². The van der Waals surface area contributed by atoms with Crippen molar-refractivity contribution in [3.8, 4) is 0 Å². The van der Waals surface area contributed by atoms with Crippen LogP contribution in [0.2, 0.25) is 5.02 Å². The first-order valence-corrected chi connectivity index (χ1v) is 15.7. The first kappa shape index (κ1) is 28.8. The number of aryl methyl sites for hydroxylation is 2. The molecule has 1 saturated heterocycles. The zero-order chi connectivity index (χ0) is 29.0. The van der Waals surface area contributed by atoms with Gasteiger partial charge in [-0.05, 0) is 72.6 Å². The third-order valence-corrected chi connectivity index (χ3v) is 9.04. The topological polar surface area (TPSA) is 92.3 Å². The van der Waals surface area contributed by atoms with Gasteiger partial charge in [-0.1, -0.05) is 80.0 Å². The third-order valence-electron chi connectivity index (χ3n) is 7.44. The Morgan fingerprint density at radius 3 is 2.39 bits per heavy atom. The second-order valence-corrected chi connectivity index (χ2v) is 12.7. The summed E-state index contributed by atoms with van der Waals surface area (Å²) in [5.74, 6) is 0.209. The number of carbonyl (C=O) groups is 1. The van der Waals surface area contributed by atoms with Gasteiger partial charge in [-0.15, -0.1) is 0 Å². The molecule has 7 nitrogen and oxygen atoms in total. The maximum absolute atomic E-state index is 13.3. The van der Waals surface area contributed by atoms with Gasteiger partial charge in [-0.3, -0.25) is 4.79 Å². The van der Waals surface area contributed by atoms with Crippen LogP contribution in [0.4, 0.5) is 5.95 Å². The molecule has 3 aromatic carbocycles. The average molecular weight is 589 g/mol. The van der Waals surface area contributed by atoms with Crippen LogP contribution >= 0.6 is 11.6 Å². The van der Waals surface area contributed by atoms with Gasteiger partial charge in [0.1, 0.15) is 0 Å². The minimum absolute atomic E-state index is 0.0144. The fraction of sp³-hybridized carbons (Fsp3) is 0.281. The Bertz CT molecular complexity index is 1610. The lowest BCUT2D eigenvalue weighted by Gasteiger charge is -2.26. The number of amides is 1. The number of halogens is 1. The Kier molecular flexibility index (Phi) is 8.71. The molecule has 2 heterocycles. The quantitative estimate of drug-likeness (QED) is 0.240. The molecule has 0 radical (unpaired) electrons. The van der Waals surface area contributed by atoms with Crippen molar-refractivity contribution in [3.05, 3.63) is 118 Å². The molecule has 0 aliphatic carbocycles. The van der Waals surface area contributed by atoms with Crippen molar-refractivity contribution in [2.75, 3.05) is 11.4 Å². The Morgan fingerprint density at radius 2 is 1.71 bits per heavy atom. The van der Waals surface area contributed by atoms with Gasteiger partial charge in [0.15, 0.2) is 0 Å². The lowest BCUT2D eigenvalue weighted by atomic mass is 9.99. The van der Waals surface area contributed by atoms with Gasteiger partial charge in [0, 0.05) is 17.8 Å². The maximum Gasteiger partial charge on any atom is 0.268 e. The molecule has 1 amide bonds. The van der Waals surface area contributed by atoms with Crippen molar-refractivity contribution in [2.45, 2.75) is 56.4 Å². The number of aromatic nitrogens is 2. The second kappa shape index (κ2) is 12.4. The molecule has 212 valence electrons. The summed E-state index contributed by atoms with van der Waals surface area (Å²) in [6.45, 7) is 5.08. The number of benzene rings is 3. The number of nitrogens with one attached hydrogen (secondary N) is 1. The van der Waals surface area contributed by atoms with E-state index in [9.17, 15) is 13.2 Å². The van der Waals surface area contributed by atoms with Crippen LogP contribution in [0, 0.1) is 0 Å². The van der Waals surface area contributed by atoms with Gasteiger partial charge >= 0.3 is 0 Å². The highest BCUT2D eigenvalue weighted by molar-refractivity contribution is 7.90. The molecule has 0 spiro atoms. The fourth-order valence-electron chi connectivity index (χ4n) is 5.13. The molecule has 5 rings (SSSR count). The zero-order valence-corrected chi connectivity index (χ0v) is 24.7. The molecule has 1 atom stereocenters. The predicted octanol–water partition coefficient (Wildman–Crippen LogP) is 6.50. The molecule has 1 aliphatic rings. The van der Waals surface area contributed by atoms with Crippen molar-refractivity contribution in [1.29, 1.82) is 0 Å². The van der Waals surface area contributed by atoms with Crippen LogP contribution in [0.5, 0.6) is 0 Å². The third kappa shape index (κ3) is 6.77. The second-order valence-electron chi connectivity index (χ2n) is 10.6. The zero-order valence-electron chi connectivity index (χ0n) is 23.1. The summed E-state index contributed by atoms with van der Waals surface area (Å²) in [5.41, 5.74) is 4.14. The van der Waals surface area contributed by atoms with E-state index in [-0.39, 0.29) is 16.5 Å². The Balaban J connectivity index is 1.45. The summed E-state index contributed by atoms with van der Waals surface area (Å²) >= 11 is 6.11. The first-order valence-electron chi connectivity index (χ1n) is 13.8. The van der Waals surface area contributed by atoms with E-state index in [0.29, 0.717) is 35.4 Å². The first-order chi connectivity index (χ1) is 19.7. The molecule has 4 aromatic rings. The molecule has 0 saturated carbocycles. The Morgan fingerprint density at radius 1 is 1.00 bits per heavy atom. The van der Waals surface area contributed by atoms with Gasteiger partial charge in [0.05, 0.1) is 22.2 Å². The molecule has 1 N–H and O–H groups in total. The van der Waals surface area contributed by atoms with Gasteiger partial charge < -0.3 is 4.90 Å². The van der Waals surface area contributed by atoms with Crippen LogP contribution in [-0.2, 0) is 22.9 Å². The molecule has 1 fully saturated rings. The van der Waals surface area contributed by atoms with E-state index < -0.39 is 15.9 Å². The monoisotopic (exact) mass is 588 g/mol. The fourth-order valence-corrected chi connectivity index (χ4v) is 6.24. The summed E-state index contributed by atoms with van der Waals surface area (Å²) in [6, 6.07) is 24.1. The molecule has 0 unspecified atom stereocenters. The van der Waals surface area contributed by atoms with Gasteiger partial charge in [0.25, 0.3) is 15.9 Å². The van der Waals surface area contributed by atoms with Crippen LogP contribution in [-0.4, -0.2) is 30.8 Å². The summed E-state index contributed by atoms with van der Waals surface area (Å²) in [7, 11) is -4.05. The standard InChI is InChI=1S/C32H33ClN4O3S/c1-22(2)24-13-10-23(11-14-24)12-19-29-28(31(38)36-41(39,40)27-7-4-3-5-8-27)21-34-32(35-29)37-20-6-9-30(37)25-15-17-26(33)18-16-25/h3-5,7-8,10-11,13-18,21-22,30H,6,9,12,19-20H2,1-2H3,(H,36,38)/t30-/m1/s1. The normalized spacial score (nSPS) is 15.3. The number of sulfonamides is 1. The Hall–Kier alpha value is -3.75. The molecule has 41 heavy (non-hydrogen) atoms. The summed E-state index contributed by atoms with van der Waals surface area (Å²) < 4.78 is 28.0. The van der Waals surface area contributed by atoms with Crippen LogP contribution in [0.15, 0.2) is 90.0 Å². The van der Waals surface area contributed by atoms with Crippen molar-refractivity contribution in [1.82, 2.24) is 14.7 Å². The minimum Gasteiger partial charge on any atom is -0.334 e. The molecule has 9 heteroatoms. The largest absolute Gasteiger partial charge is 0.334 e. The highest BCUT2D eigenvalue weighted by Crippen LogP contribution is 2.35. The van der Waals surface area contributed by atoms with Crippen molar-refractivity contribution in [3.63, 3.8) is 0 Å². The summed E-state index contributed by atoms with van der Waals surface area (Å²) in [5, 5.41) is 0.680. The van der Waals surface area contributed by atoms with E-state index in [1.54, 1.807) is 18.2 Å². The Labute approximate surface area is 246 Å². The lowest BCUT2D eigenvalue weighted by Crippen LogP contribution is -2.32. The van der Waals surface area contributed by atoms with Crippen LogP contribution in [0.25, 0.3) is 0 Å². The van der Waals surface area contributed by atoms with E-state index in [2.05, 4.69) is 52.7 Å². The molecule has 0 bridgehead atoms. The van der Waals surface area contributed by atoms with Crippen molar-refractivity contribution in [2.24, 2.45) is 0 Å². The number of rotatable bonds is 9. The van der Waals surface area contributed by atoms with Crippen LogP contribution in [0.1, 0.15) is 71.4 Å². The van der Waals surface area contributed by atoms with E-state index in [0.717, 1.165) is 30.5 Å². The molecule has 1 aromatic heterocycles. The van der Waals surface area contributed by atoms with Crippen molar-refractivity contribution < 1.29 is 13.2 Å². The van der Waals surface area contributed by atoms with E-state index in [4.69, 9.17) is 16.6 Å². The number of anilines is 1. The molecular formula is C32H33ClN4O3S. The smallest absolute Gasteiger partial charge is 0.268 e. The molecular weight excluding hydrogens is 556 g/mol. The van der Waals surface area contributed by atoms with Crippen molar-refractivity contribution >= 4 is 33.5 Å². The average Bonchev–Trinajstić information content (AvgIpc) is 3.47.